The lowest BCUT2D eigenvalue weighted by Crippen LogP contribution is -2.46. The molecule has 0 radical (unpaired) electrons. The van der Waals surface area contributed by atoms with E-state index < -0.39 is 0 Å². The van der Waals surface area contributed by atoms with Crippen molar-refractivity contribution in [3.8, 4) is 0 Å². The quantitative estimate of drug-likeness (QED) is 0.621. The number of piperidine rings is 1. The second-order valence-electron chi connectivity index (χ2n) is 4.31. The third-order valence-electron chi connectivity index (χ3n) is 3.09. The lowest BCUT2D eigenvalue weighted by Gasteiger charge is -2.37. The van der Waals surface area contributed by atoms with Gasteiger partial charge in [0.25, 0.3) is 0 Å². The predicted octanol–water partition coefficient (Wildman–Crippen LogP) is 1.63. The number of nitrogens with zero attached hydrogens (tertiary/aromatic N) is 2. The summed E-state index contributed by atoms with van der Waals surface area (Å²) in [6.45, 7) is 7.20. The molecule has 0 bridgehead atoms. The van der Waals surface area contributed by atoms with Crippen LogP contribution in [-0.2, 0) is 0 Å². The molecule has 1 aliphatic rings. The Morgan fingerprint density at radius 2 is 1.75 bits per heavy atom. The fourth-order valence-corrected chi connectivity index (χ4v) is 1.73. The highest BCUT2D eigenvalue weighted by molar-refractivity contribution is 4.72. The van der Waals surface area contributed by atoms with E-state index >= 15 is 0 Å². The van der Waals surface area contributed by atoms with Crippen molar-refractivity contribution in [3.63, 3.8) is 0 Å². The van der Waals surface area contributed by atoms with Crippen LogP contribution < -0.4 is 0 Å². The normalized spacial score (nSPS) is 24.8. The van der Waals surface area contributed by atoms with Crippen LogP contribution in [-0.4, -0.2) is 43.2 Å². The summed E-state index contributed by atoms with van der Waals surface area (Å²) < 4.78 is 0. The Morgan fingerprint density at radius 3 is 2.17 bits per heavy atom. The third-order valence-corrected chi connectivity index (χ3v) is 3.09. The molecule has 0 aromatic carbocycles. The molecule has 1 unspecified atom stereocenters. The number of likely N-dealkylation sites (tertiary alicyclic amines) is 1. The van der Waals surface area contributed by atoms with Gasteiger partial charge in [0.05, 0.1) is 6.17 Å². The SMILES string of the molecule is CC1CCN(C(C)N(C)C)CC1. The Labute approximate surface area is 76.5 Å². The molecule has 0 amide bonds. The number of rotatable bonds is 2. The van der Waals surface area contributed by atoms with Crippen molar-refractivity contribution >= 4 is 0 Å². The topological polar surface area (TPSA) is 6.48 Å². The van der Waals surface area contributed by atoms with E-state index in [4.69, 9.17) is 0 Å². The number of hydrogen-bond acceptors (Lipinski definition) is 2. The van der Waals surface area contributed by atoms with Gasteiger partial charge in [-0.1, -0.05) is 6.92 Å². The average Bonchev–Trinajstić information content (AvgIpc) is 2.04. The molecule has 1 heterocycles. The molecule has 1 rings (SSSR count). The highest BCUT2D eigenvalue weighted by Gasteiger charge is 2.20. The molecule has 12 heavy (non-hydrogen) atoms. The molecule has 0 saturated carbocycles. The molecule has 0 aliphatic carbocycles. The largest absolute Gasteiger partial charge is 0.294 e. The van der Waals surface area contributed by atoms with Gasteiger partial charge >= 0.3 is 0 Å². The Morgan fingerprint density at radius 1 is 1.25 bits per heavy atom. The minimum absolute atomic E-state index is 0.609. The van der Waals surface area contributed by atoms with E-state index in [1.807, 2.05) is 0 Å². The lowest BCUT2D eigenvalue weighted by atomic mass is 9.99. The second kappa shape index (κ2) is 4.24. The molecule has 0 aromatic rings. The van der Waals surface area contributed by atoms with Crippen molar-refractivity contribution in [2.75, 3.05) is 27.2 Å². The maximum atomic E-state index is 2.57. The van der Waals surface area contributed by atoms with E-state index in [0.717, 1.165) is 5.92 Å². The van der Waals surface area contributed by atoms with E-state index in [9.17, 15) is 0 Å². The van der Waals surface area contributed by atoms with Crippen LogP contribution in [0.3, 0.4) is 0 Å². The summed E-state index contributed by atoms with van der Waals surface area (Å²) in [7, 11) is 4.31. The number of hydrogen-bond donors (Lipinski definition) is 0. The molecule has 1 fully saturated rings. The van der Waals surface area contributed by atoms with Crippen LogP contribution in [0, 0.1) is 5.92 Å². The van der Waals surface area contributed by atoms with Gasteiger partial charge in [-0.3, -0.25) is 9.80 Å². The van der Waals surface area contributed by atoms with Gasteiger partial charge in [-0.05, 0) is 52.9 Å². The van der Waals surface area contributed by atoms with Gasteiger partial charge < -0.3 is 0 Å². The van der Waals surface area contributed by atoms with Gasteiger partial charge in [0.2, 0.25) is 0 Å². The minimum Gasteiger partial charge on any atom is -0.294 e. The molecular weight excluding hydrogens is 148 g/mol. The molecule has 72 valence electrons. The van der Waals surface area contributed by atoms with E-state index in [1.54, 1.807) is 0 Å². The highest BCUT2D eigenvalue weighted by atomic mass is 15.3. The molecule has 2 heteroatoms. The molecule has 1 atom stereocenters. The van der Waals surface area contributed by atoms with Gasteiger partial charge in [0.1, 0.15) is 0 Å². The fourth-order valence-electron chi connectivity index (χ4n) is 1.73. The highest BCUT2D eigenvalue weighted by Crippen LogP contribution is 2.18. The second-order valence-corrected chi connectivity index (χ2v) is 4.31. The van der Waals surface area contributed by atoms with Gasteiger partial charge in [0, 0.05) is 0 Å². The zero-order valence-electron chi connectivity index (χ0n) is 8.88. The van der Waals surface area contributed by atoms with Crippen molar-refractivity contribution < 1.29 is 0 Å². The lowest BCUT2D eigenvalue weighted by molar-refractivity contribution is 0.0622. The van der Waals surface area contributed by atoms with Crippen LogP contribution in [0.15, 0.2) is 0 Å². The van der Waals surface area contributed by atoms with Crippen molar-refractivity contribution in [1.82, 2.24) is 9.80 Å². The first-order valence-corrected chi connectivity index (χ1v) is 5.01. The summed E-state index contributed by atoms with van der Waals surface area (Å²) in [5.41, 5.74) is 0. The van der Waals surface area contributed by atoms with Crippen molar-refractivity contribution in [2.24, 2.45) is 5.92 Å². The average molecular weight is 170 g/mol. The molecule has 0 aromatic heterocycles. The molecule has 1 aliphatic heterocycles. The van der Waals surface area contributed by atoms with Crippen LogP contribution >= 0.6 is 0 Å². The maximum absolute atomic E-state index is 2.57. The fraction of sp³-hybridized carbons (Fsp3) is 1.00. The Balaban J connectivity index is 2.34. The van der Waals surface area contributed by atoms with Crippen molar-refractivity contribution in [2.45, 2.75) is 32.9 Å². The zero-order chi connectivity index (χ0) is 9.14. The van der Waals surface area contributed by atoms with Crippen LogP contribution in [0.5, 0.6) is 0 Å². The monoisotopic (exact) mass is 170 g/mol. The molecule has 1 saturated heterocycles. The smallest absolute Gasteiger partial charge is 0.0588 e. The zero-order valence-corrected chi connectivity index (χ0v) is 8.88. The Hall–Kier alpha value is -0.0800. The molecular formula is C10H22N2. The van der Waals surface area contributed by atoms with Crippen LogP contribution in [0.25, 0.3) is 0 Å². The summed E-state index contributed by atoms with van der Waals surface area (Å²) in [5.74, 6) is 0.940. The Kier molecular flexibility index (Phi) is 3.53. The van der Waals surface area contributed by atoms with Gasteiger partial charge in [-0.15, -0.1) is 0 Å². The van der Waals surface area contributed by atoms with Crippen LogP contribution in [0.2, 0.25) is 0 Å². The summed E-state index contributed by atoms with van der Waals surface area (Å²) in [6, 6.07) is 0. The maximum Gasteiger partial charge on any atom is 0.0588 e. The summed E-state index contributed by atoms with van der Waals surface area (Å²) >= 11 is 0. The molecule has 0 spiro atoms. The standard InChI is InChI=1S/C10H22N2/c1-9-5-7-12(8-6-9)10(2)11(3)4/h9-10H,5-8H2,1-4H3. The van der Waals surface area contributed by atoms with Gasteiger partial charge in [-0.25, -0.2) is 0 Å². The van der Waals surface area contributed by atoms with Crippen LogP contribution in [0.4, 0.5) is 0 Å². The molecule has 0 N–H and O–H groups in total. The summed E-state index contributed by atoms with van der Waals surface area (Å²) in [6.07, 6.45) is 3.36. The van der Waals surface area contributed by atoms with Crippen molar-refractivity contribution in [3.05, 3.63) is 0 Å². The van der Waals surface area contributed by atoms with E-state index in [-0.39, 0.29) is 0 Å². The first-order chi connectivity index (χ1) is 5.61. The van der Waals surface area contributed by atoms with E-state index in [1.165, 1.54) is 25.9 Å². The van der Waals surface area contributed by atoms with E-state index in [0.29, 0.717) is 6.17 Å². The first-order valence-electron chi connectivity index (χ1n) is 5.01. The van der Waals surface area contributed by atoms with E-state index in [2.05, 4.69) is 37.7 Å². The van der Waals surface area contributed by atoms with Crippen LogP contribution in [0.1, 0.15) is 26.7 Å². The van der Waals surface area contributed by atoms with Gasteiger partial charge in [0.15, 0.2) is 0 Å². The molecule has 2 nitrogen and oxygen atoms in total. The Bertz CT molecular complexity index is 126. The summed E-state index contributed by atoms with van der Waals surface area (Å²) in [5, 5.41) is 0. The minimum atomic E-state index is 0.609. The third kappa shape index (κ3) is 2.46. The van der Waals surface area contributed by atoms with Gasteiger partial charge in [-0.2, -0.15) is 0 Å². The summed E-state index contributed by atoms with van der Waals surface area (Å²) in [4.78, 5) is 4.86. The first kappa shape index (κ1) is 10.0. The van der Waals surface area contributed by atoms with Crippen molar-refractivity contribution in [1.29, 1.82) is 0 Å². The predicted molar refractivity (Wildman–Crippen MR) is 53.1 cm³/mol.